The molecule has 2 amide bonds. The summed E-state index contributed by atoms with van der Waals surface area (Å²) >= 11 is 20.3. The number of thioether (sulfide) groups is 1. The van der Waals surface area contributed by atoms with E-state index in [1.807, 2.05) is 54.6 Å². The van der Waals surface area contributed by atoms with E-state index in [9.17, 15) is 9.59 Å². The van der Waals surface area contributed by atoms with Crippen molar-refractivity contribution in [3.63, 3.8) is 0 Å². The molecule has 3 aromatic rings. The molecule has 3 aromatic carbocycles. The summed E-state index contributed by atoms with van der Waals surface area (Å²) in [5.74, 6) is 0.433. The lowest BCUT2D eigenvalue weighted by molar-refractivity contribution is -0.139. The molecule has 1 N–H and O–H groups in total. The summed E-state index contributed by atoms with van der Waals surface area (Å²) in [4.78, 5) is 28.0. The maximum Gasteiger partial charge on any atom is 0.242 e. The second kappa shape index (κ2) is 13.1. The Morgan fingerprint density at radius 1 is 0.882 bits per heavy atom. The van der Waals surface area contributed by atoms with Gasteiger partial charge in [0, 0.05) is 46.4 Å². The first kappa shape index (κ1) is 26.4. The minimum absolute atomic E-state index is 0.129. The van der Waals surface area contributed by atoms with Gasteiger partial charge in [0.2, 0.25) is 11.8 Å². The third-order valence-electron chi connectivity index (χ3n) is 5.32. The van der Waals surface area contributed by atoms with E-state index in [1.165, 1.54) is 11.8 Å². The first-order valence-electron chi connectivity index (χ1n) is 10.7. The second-order valence-corrected chi connectivity index (χ2v) is 9.90. The van der Waals surface area contributed by atoms with Crippen molar-refractivity contribution in [1.82, 2.24) is 10.2 Å². The summed E-state index contributed by atoms with van der Waals surface area (Å²) in [6.07, 6.45) is 0.371. The van der Waals surface area contributed by atoms with Crippen LogP contribution in [-0.2, 0) is 28.3 Å². The monoisotopic (exact) mass is 534 g/mol. The first-order chi connectivity index (χ1) is 16.4. The van der Waals surface area contributed by atoms with E-state index in [1.54, 1.807) is 30.1 Å². The Morgan fingerprint density at radius 3 is 2.15 bits per heavy atom. The molecule has 0 aliphatic rings. The number of rotatable bonds is 10. The standard InChI is InChI=1S/C26H25Cl3N2O2S/c1-30-26(33)24(14-18-6-3-2-4-7-18)31(15-21-22(28)8-5-9-23(21)29)25(32)17-34-16-19-10-12-20(27)13-11-19/h2-13,24H,14-17H2,1H3,(H,30,33)/t24-/m1/s1. The lowest BCUT2D eigenvalue weighted by Crippen LogP contribution is -2.50. The maximum atomic E-state index is 13.5. The van der Waals surface area contributed by atoms with Gasteiger partial charge in [0.05, 0.1) is 5.75 Å². The van der Waals surface area contributed by atoms with Crippen LogP contribution >= 0.6 is 46.6 Å². The highest BCUT2D eigenvalue weighted by Crippen LogP contribution is 2.28. The summed E-state index contributed by atoms with van der Waals surface area (Å²) in [6.45, 7) is 0.129. The van der Waals surface area contributed by atoms with Crippen molar-refractivity contribution in [2.75, 3.05) is 12.8 Å². The van der Waals surface area contributed by atoms with Gasteiger partial charge in [0.25, 0.3) is 0 Å². The summed E-state index contributed by atoms with van der Waals surface area (Å²) < 4.78 is 0. The fraction of sp³-hybridized carbons (Fsp3) is 0.231. The van der Waals surface area contributed by atoms with Crippen molar-refractivity contribution < 1.29 is 9.59 Å². The average molecular weight is 536 g/mol. The Bertz CT molecular complexity index is 1090. The molecule has 0 fully saturated rings. The number of halogens is 3. The molecule has 4 nitrogen and oxygen atoms in total. The van der Waals surface area contributed by atoms with Gasteiger partial charge in [0.15, 0.2) is 0 Å². The predicted octanol–water partition coefficient (Wildman–Crippen LogP) is 6.27. The maximum absolute atomic E-state index is 13.5. The minimum atomic E-state index is -0.719. The lowest BCUT2D eigenvalue weighted by atomic mass is 10.0. The number of carbonyl (C=O) groups is 2. The number of amides is 2. The SMILES string of the molecule is CNC(=O)[C@@H](Cc1ccccc1)N(Cc1c(Cl)cccc1Cl)C(=O)CSCc1ccc(Cl)cc1. The van der Waals surface area contributed by atoms with E-state index < -0.39 is 6.04 Å². The van der Waals surface area contributed by atoms with Crippen LogP contribution < -0.4 is 5.32 Å². The van der Waals surface area contributed by atoms with Gasteiger partial charge in [-0.25, -0.2) is 0 Å². The van der Waals surface area contributed by atoms with E-state index >= 15 is 0 Å². The topological polar surface area (TPSA) is 49.4 Å². The van der Waals surface area contributed by atoms with E-state index in [4.69, 9.17) is 34.8 Å². The van der Waals surface area contributed by atoms with E-state index in [-0.39, 0.29) is 24.1 Å². The summed E-state index contributed by atoms with van der Waals surface area (Å²) in [7, 11) is 1.57. The number of hydrogen-bond donors (Lipinski definition) is 1. The molecule has 8 heteroatoms. The molecule has 0 spiro atoms. The first-order valence-corrected chi connectivity index (χ1v) is 13.0. The summed E-state index contributed by atoms with van der Waals surface area (Å²) in [5.41, 5.74) is 2.63. The van der Waals surface area contributed by atoms with Crippen LogP contribution in [0.15, 0.2) is 72.8 Å². The Kier molecular flexibility index (Phi) is 10.1. The molecule has 178 valence electrons. The molecular formula is C26H25Cl3N2O2S. The Hall–Kier alpha value is -2.18. The third kappa shape index (κ3) is 7.41. The molecular weight excluding hydrogens is 511 g/mol. The van der Waals surface area contributed by atoms with Crippen molar-refractivity contribution in [3.8, 4) is 0 Å². The van der Waals surface area contributed by atoms with Crippen molar-refractivity contribution in [3.05, 3.63) is 105 Å². The molecule has 0 radical (unpaired) electrons. The molecule has 0 aliphatic heterocycles. The molecule has 0 saturated heterocycles. The van der Waals surface area contributed by atoms with Crippen molar-refractivity contribution in [2.24, 2.45) is 0 Å². The molecule has 3 rings (SSSR count). The molecule has 0 aliphatic carbocycles. The van der Waals surface area contributed by atoms with Crippen LogP contribution in [0.2, 0.25) is 15.1 Å². The van der Waals surface area contributed by atoms with Gasteiger partial charge in [-0.05, 0) is 35.4 Å². The fourth-order valence-corrected chi connectivity index (χ4v) is 5.01. The smallest absolute Gasteiger partial charge is 0.242 e. The lowest BCUT2D eigenvalue weighted by Gasteiger charge is -2.31. The number of nitrogens with one attached hydrogen (secondary N) is 1. The number of nitrogens with zero attached hydrogens (tertiary/aromatic N) is 1. The zero-order valence-electron chi connectivity index (χ0n) is 18.6. The van der Waals surface area contributed by atoms with Gasteiger partial charge < -0.3 is 10.2 Å². The highest BCUT2D eigenvalue weighted by Gasteiger charge is 2.30. The molecule has 0 saturated carbocycles. The highest BCUT2D eigenvalue weighted by atomic mass is 35.5. The van der Waals surface area contributed by atoms with Crippen LogP contribution in [0, 0.1) is 0 Å². The number of likely N-dealkylation sites (N-methyl/N-ethyl adjacent to an activating group) is 1. The minimum Gasteiger partial charge on any atom is -0.357 e. The van der Waals surface area contributed by atoms with Gasteiger partial charge in [-0.1, -0.05) is 83.3 Å². The molecule has 0 aromatic heterocycles. The summed E-state index contributed by atoms with van der Waals surface area (Å²) in [5, 5.41) is 4.28. The zero-order chi connectivity index (χ0) is 24.5. The van der Waals surface area contributed by atoms with Crippen LogP contribution in [0.25, 0.3) is 0 Å². The van der Waals surface area contributed by atoms with E-state index in [2.05, 4.69) is 5.32 Å². The Morgan fingerprint density at radius 2 is 1.53 bits per heavy atom. The third-order valence-corrected chi connectivity index (χ3v) is 7.26. The fourth-order valence-electron chi connectivity index (χ4n) is 3.49. The predicted molar refractivity (Wildman–Crippen MR) is 143 cm³/mol. The van der Waals surface area contributed by atoms with Gasteiger partial charge in [-0.3, -0.25) is 9.59 Å². The molecule has 1 atom stereocenters. The van der Waals surface area contributed by atoms with Gasteiger partial charge in [-0.15, -0.1) is 11.8 Å². The van der Waals surface area contributed by atoms with Crippen LogP contribution in [-0.4, -0.2) is 35.6 Å². The Balaban J connectivity index is 1.85. The second-order valence-electron chi connectivity index (χ2n) is 7.66. The van der Waals surface area contributed by atoms with Crippen LogP contribution in [0.1, 0.15) is 16.7 Å². The molecule has 0 heterocycles. The summed E-state index contributed by atoms with van der Waals surface area (Å²) in [6, 6.07) is 21.6. The number of hydrogen-bond acceptors (Lipinski definition) is 3. The largest absolute Gasteiger partial charge is 0.357 e. The van der Waals surface area contributed by atoms with Gasteiger partial charge in [-0.2, -0.15) is 0 Å². The van der Waals surface area contributed by atoms with E-state index in [0.29, 0.717) is 32.8 Å². The van der Waals surface area contributed by atoms with Crippen molar-refractivity contribution in [2.45, 2.75) is 24.8 Å². The molecule has 0 unspecified atom stereocenters. The van der Waals surface area contributed by atoms with Gasteiger partial charge >= 0.3 is 0 Å². The normalized spacial score (nSPS) is 11.6. The van der Waals surface area contributed by atoms with Gasteiger partial charge in [0.1, 0.15) is 6.04 Å². The molecule has 0 bridgehead atoms. The van der Waals surface area contributed by atoms with Crippen molar-refractivity contribution >= 4 is 58.4 Å². The van der Waals surface area contributed by atoms with Crippen LogP contribution in [0.5, 0.6) is 0 Å². The highest BCUT2D eigenvalue weighted by molar-refractivity contribution is 7.99. The Labute approximate surface area is 219 Å². The zero-order valence-corrected chi connectivity index (χ0v) is 21.7. The number of carbonyl (C=O) groups excluding carboxylic acids is 2. The van der Waals surface area contributed by atoms with Crippen LogP contribution in [0.3, 0.4) is 0 Å². The van der Waals surface area contributed by atoms with Crippen molar-refractivity contribution in [1.29, 1.82) is 0 Å². The van der Waals surface area contributed by atoms with E-state index in [0.717, 1.165) is 11.1 Å². The quantitative estimate of drug-likeness (QED) is 0.333. The number of benzene rings is 3. The average Bonchev–Trinajstić information content (AvgIpc) is 2.84. The molecule has 34 heavy (non-hydrogen) atoms. The van der Waals surface area contributed by atoms with Crippen LogP contribution in [0.4, 0.5) is 0 Å².